The third kappa shape index (κ3) is 2.57. The Morgan fingerprint density at radius 3 is 2.32 bits per heavy atom. The number of hydrogen-bond acceptors (Lipinski definition) is 4. The van der Waals surface area contributed by atoms with Crippen LogP contribution in [0.3, 0.4) is 0 Å². The molecule has 0 N–H and O–H groups in total. The van der Waals surface area contributed by atoms with Crippen LogP contribution in [-0.2, 0) is 7.05 Å². The van der Waals surface area contributed by atoms with Gasteiger partial charge in [0.2, 0.25) is 0 Å². The van der Waals surface area contributed by atoms with E-state index >= 15 is 0 Å². The Balaban J connectivity index is 2.00. The van der Waals surface area contributed by atoms with Crippen molar-refractivity contribution in [3.63, 3.8) is 0 Å². The van der Waals surface area contributed by atoms with Gasteiger partial charge in [0.05, 0.1) is 4.90 Å². The van der Waals surface area contributed by atoms with E-state index in [1.165, 1.54) is 29.0 Å². The van der Waals surface area contributed by atoms with Crippen LogP contribution in [0.4, 0.5) is 13.2 Å². The average Bonchev–Trinajstić information content (AvgIpc) is 2.85. The molecule has 2 heterocycles. The van der Waals surface area contributed by atoms with E-state index in [-0.39, 0.29) is 21.6 Å². The van der Waals surface area contributed by atoms with Crippen molar-refractivity contribution in [3.05, 3.63) is 54.0 Å². The van der Waals surface area contributed by atoms with Gasteiger partial charge >= 0.3 is 0 Å². The number of hydrogen-bond donors (Lipinski definition) is 0. The maximum absolute atomic E-state index is 13.7. The summed E-state index contributed by atoms with van der Waals surface area (Å²) in [4.78, 5) is 3.72. The van der Waals surface area contributed by atoms with Gasteiger partial charge in [-0.1, -0.05) is 6.07 Å². The van der Waals surface area contributed by atoms with Gasteiger partial charge in [-0.3, -0.25) is 0 Å². The molecule has 3 aromatic rings. The van der Waals surface area contributed by atoms with Crippen molar-refractivity contribution < 1.29 is 13.2 Å². The summed E-state index contributed by atoms with van der Waals surface area (Å²) in [5.41, 5.74) is 0.0263. The molecule has 0 radical (unpaired) electrons. The number of benzene rings is 1. The quantitative estimate of drug-likeness (QED) is 0.741. The number of pyridine rings is 1. The first-order valence-electron chi connectivity index (χ1n) is 6.20. The minimum absolute atomic E-state index is 0.0263. The van der Waals surface area contributed by atoms with Crippen molar-refractivity contribution in [1.82, 2.24) is 19.7 Å². The zero-order valence-corrected chi connectivity index (χ0v) is 12.1. The van der Waals surface area contributed by atoms with E-state index < -0.39 is 17.5 Å². The Bertz CT molecular complexity index is 814. The third-order valence-corrected chi connectivity index (χ3v) is 4.05. The molecule has 0 unspecified atom stereocenters. The smallest absolute Gasteiger partial charge is 0.196 e. The highest BCUT2D eigenvalue weighted by molar-refractivity contribution is 7.99. The Morgan fingerprint density at radius 2 is 1.64 bits per heavy atom. The molecule has 0 saturated heterocycles. The van der Waals surface area contributed by atoms with Crippen molar-refractivity contribution in [1.29, 1.82) is 0 Å². The van der Waals surface area contributed by atoms with Crippen molar-refractivity contribution in [2.24, 2.45) is 7.05 Å². The Morgan fingerprint density at radius 1 is 0.955 bits per heavy atom. The molecule has 112 valence electrons. The van der Waals surface area contributed by atoms with Gasteiger partial charge < -0.3 is 4.57 Å². The topological polar surface area (TPSA) is 43.6 Å². The molecule has 0 spiro atoms. The van der Waals surface area contributed by atoms with Crippen molar-refractivity contribution in [2.45, 2.75) is 10.1 Å². The lowest BCUT2D eigenvalue weighted by molar-refractivity contribution is 0.540. The van der Waals surface area contributed by atoms with Crippen LogP contribution < -0.4 is 0 Å². The van der Waals surface area contributed by atoms with E-state index in [1.807, 2.05) is 0 Å². The monoisotopic (exact) mass is 322 g/mol. The van der Waals surface area contributed by atoms with Crippen molar-refractivity contribution in [3.8, 4) is 11.5 Å². The first-order valence-corrected chi connectivity index (χ1v) is 7.01. The van der Waals surface area contributed by atoms with Gasteiger partial charge in [-0.05, 0) is 36.0 Å². The van der Waals surface area contributed by atoms with E-state index in [1.54, 1.807) is 7.05 Å². The molecule has 4 nitrogen and oxygen atoms in total. The number of rotatable bonds is 3. The highest BCUT2D eigenvalue weighted by Gasteiger charge is 2.18. The first-order chi connectivity index (χ1) is 10.6. The average molecular weight is 322 g/mol. The van der Waals surface area contributed by atoms with Gasteiger partial charge in [-0.15, -0.1) is 10.2 Å². The lowest BCUT2D eigenvalue weighted by atomic mass is 10.3. The molecule has 0 saturated carbocycles. The molecule has 8 heteroatoms. The highest BCUT2D eigenvalue weighted by atomic mass is 32.2. The normalized spacial score (nSPS) is 10.9. The van der Waals surface area contributed by atoms with Gasteiger partial charge in [-0.2, -0.15) is 0 Å². The van der Waals surface area contributed by atoms with Gasteiger partial charge in [0.15, 0.2) is 16.8 Å². The fourth-order valence-corrected chi connectivity index (χ4v) is 2.65. The van der Waals surface area contributed by atoms with E-state index in [9.17, 15) is 13.2 Å². The summed E-state index contributed by atoms with van der Waals surface area (Å²) in [6.07, 6.45) is 1.43. The first kappa shape index (κ1) is 14.6. The minimum Gasteiger partial charge on any atom is -0.303 e. The number of nitrogens with zero attached hydrogens (tertiary/aromatic N) is 4. The highest BCUT2D eigenvalue weighted by Crippen LogP contribution is 2.32. The molecule has 22 heavy (non-hydrogen) atoms. The zero-order valence-electron chi connectivity index (χ0n) is 11.3. The van der Waals surface area contributed by atoms with Crippen molar-refractivity contribution in [2.75, 3.05) is 0 Å². The summed E-state index contributed by atoms with van der Waals surface area (Å²) in [7, 11) is 1.57. The predicted octanol–water partition coefficient (Wildman–Crippen LogP) is 3.45. The van der Waals surface area contributed by atoms with Gasteiger partial charge in [0.25, 0.3) is 0 Å². The Labute approximate surface area is 128 Å². The molecule has 0 aliphatic rings. The van der Waals surface area contributed by atoms with E-state index in [2.05, 4.69) is 15.2 Å². The molecule has 0 bridgehead atoms. The van der Waals surface area contributed by atoms with E-state index in [0.717, 1.165) is 23.9 Å². The lowest BCUT2D eigenvalue weighted by Gasteiger charge is -2.05. The van der Waals surface area contributed by atoms with Crippen LogP contribution in [0.15, 0.2) is 46.6 Å². The summed E-state index contributed by atoms with van der Waals surface area (Å²) in [6.45, 7) is 0. The number of aromatic nitrogens is 4. The fraction of sp³-hybridized carbons (Fsp3) is 0.0714. The summed E-state index contributed by atoms with van der Waals surface area (Å²) in [6, 6.07) is 6.29. The molecule has 3 rings (SSSR count). The zero-order chi connectivity index (χ0) is 15.7. The van der Waals surface area contributed by atoms with Gasteiger partial charge in [0, 0.05) is 13.2 Å². The summed E-state index contributed by atoms with van der Waals surface area (Å²) in [5, 5.41) is 7.92. The van der Waals surface area contributed by atoms with Crippen LogP contribution in [0.5, 0.6) is 0 Å². The van der Waals surface area contributed by atoms with Crippen LogP contribution in [0.1, 0.15) is 0 Å². The molecule has 0 fully saturated rings. The minimum atomic E-state index is -0.696. The second kappa shape index (κ2) is 5.80. The van der Waals surface area contributed by atoms with E-state index in [4.69, 9.17) is 0 Å². The summed E-state index contributed by atoms with van der Waals surface area (Å²) < 4.78 is 42.5. The summed E-state index contributed by atoms with van der Waals surface area (Å²) >= 11 is 0.778. The van der Waals surface area contributed by atoms with Crippen molar-refractivity contribution >= 4 is 11.8 Å². The van der Waals surface area contributed by atoms with Crippen LogP contribution in [-0.4, -0.2) is 19.7 Å². The molecule has 0 amide bonds. The van der Waals surface area contributed by atoms with Crippen LogP contribution in [0.2, 0.25) is 0 Å². The maximum Gasteiger partial charge on any atom is 0.196 e. The van der Waals surface area contributed by atoms with Crippen LogP contribution in [0, 0.1) is 17.5 Å². The van der Waals surface area contributed by atoms with Gasteiger partial charge in [-0.25, -0.2) is 18.2 Å². The molecule has 0 aliphatic carbocycles. The SMILES string of the molecule is Cn1c(Sc2c(F)cccc2F)nnc1-c1ncccc1F. The molecular weight excluding hydrogens is 313 g/mol. The van der Waals surface area contributed by atoms with E-state index in [0.29, 0.717) is 0 Å². The summed E-state index contributed by atoms with van der Waals surface area (Å²) in [5.74, 6) is -1.76. The Kier molecular flexibility index (Phi) is 3.84. The Hall–Kier alpha value is -2.35. The third-order valence-electron chi connectivity index (χ3n) is 2.92. The fourth-order valence-electron chi connectivity index (χ4n) is 1.83. The molecule has 0 atom stereocenters. The largest absolute Gasteiger partial charge is 0.303 e. The maximum atomic E-state index is 13.7. The number of halogens is 3. The molecular formula is C14H9F3N4S. The second-order valence-electron chi connectivity index (χ2n) is 4.35. The predicted molar refractivity (Wildman–Crippen MR) is 74.7 cm³/mol. The second-order valence-corrected chi connectivity index (χ2v) is 5.33. The van der Waals surface area contributed by atoms with Gasteiger partial charge in [0.1, 0.15) is 17.3 Å². The molecule has 1 aromatic carbocycles. The van der Waals surface area contributed by atoms with Crippen LogP contribution >= 0.6 is 11.8 Å². The standard InChI is InChI=1S/C14H9F3N4S/c1-21-13(11-8(15)6-3-7-18-11)19-20-14(21)22-12-9(16)4-2-5-10(12)17/h2-7H,1H3. The van der Waals surface area contributed by atoms with Crippen LogP contribution in [0.25, 0.3) is 11.5 Å². The lowest BCUT2D eigenvalue weighted by Crippen LogP contribution is -1.99. The molecule has 0 aliphatic heterocycles. The molecule has 2 aromatic heterocycles.